The van der Waals surface area contributed by atoms with Gasteiger partial charge in [0.15, 0.2) is 0 Å². The Bertz CT molecular complexity index is 427. The molecule has 5 heteroatoms. The first-order chi connectivity index (χ1) is 8.49. The second kappa shape index (κ2) is 4.86. The number of carboxylic acid groups (broad SMARTS) is 1. The zero-order chi connectivity index (χ0) is 13.2. The monoisotopic (exact) mass is 251 g/mol. The maximum absolute atomic E-state index is 11.4. The molecule has 0 bridgehead atoms. The lowest BCUT2D eigenvalue weighted by Crippen LogP contribution is -2.43. The summed E-state index contributed by atoms with van der Waals surface area (Å²) in [5.41, 5.74) is -0.349. The number of nitrogens with one attached hydrogen (secondary N) is 1. The number of rotatable bonds is 6. The third-order valence-electron chi connectivity index (χ3n) is 3.13. The van der Waals surface area contributed by atoms with E-state index in [0.29, 0.717) is 12.1 Å². The molecule has 18 heavy (non-hydrogen) atoms. The van der Waals surface area contributed by atoms with E-state index in [0.717, 1.165) is 13.0 Å². The Balaban J connectivity index is 2.03. The van der Waals surface area contributed by atoms with Crippen molar-refractivity contribution in [3.8, 4) is 5.75 Å². The van der Waals surface area contributed by atoms with Gasteiger partial charge in [0, 0.05) is 5.69 Å². The SMILES string of the molecule is CC(CCC1CO1)(Nc1ccc(O)cc1)C(=O)O. The normalized spacial score (nSPS) is 21.1. The van der Waals surface area contributed by atoms with Crippen molar-refractivity contribution in [3.05, 3.63) is 24.3 Å². The molecular weight excluding hydrogens is 234 g/mol. The lowest BCUT2D eigenvalue weighted by molar-refractivity contribution is -0.142. The first-order valence-electron chi connectivity index (χ1n) is 5.92. The number of hydrogen-bond donors (Lipinski definition) is 3. The zero-order valence-electron chi connectivity index (χ0n) is 10.2. The van der Waals surface area contributed by atoms with E-state index in [2.05, 4.69) is 5.32 Å². The van der Waals surface area contributed by atoms with Gasteiger partial charge in [0.2, 0.25) is 0 Å². The summed E-state index contributed by atoms with van der Waals surface area (Å²) in [6.07, 6.45) is 1.44. The summed E-state index contributed by atoms with van der Waals surface area (Å²) in [5, 5.41) is 21.5. The number of benzene rings is 1. The number of phenols is 1. The van der Waals surface area contributed by atoms with Gasteiger partial charge in [0.1, 0.15) is 11.3 Å². The van der Waals surface area contributed by atoms with E-state index < -0.39 is 11.5 Å². The van der Waals surface area contributed by atoms with Crippen LogP contribution in [0.1, 0.15) is 19.8 Å². The fraction of sp³-hybridized carbons (Fsp3) is 0.462. The van der Waals surface area contributed by atoms with Crippen LogP contribution in [0, 0.1) is 0 Å². The number of aromatic hydroxyl groups is 1. The summed E-state index contributed by atoms with van der Waals surface area (Å²) in [4.78, 5) is 11.4. The van der Waals surface area contributed by atoms with Gasteiger partial charge in [-0.25, -0.2) is 4.79 Å². The average molecular weight is 251 g/mol. The fourth-order valence-electron chi connectivity index (χ4n) is 1.77. The van der Waals surface area contributed by atoms with Crippen LogP contribution in [0.15, 0.2) is 24.3 Å². The van der Waals surface area contributed by atoms with Gasteiger partial charge >= 0.3 is 5.97 Å². The minimum Gasteiger partial charge on any atom is -0.508 e. The molecule has 1 heterocycles. The predicted octanol–water partition coefficient (Wildman–Crippen LogP) is 1.83. The van der Waals surface area contributed by atoms with Gasteiger partial charge in [-0.2, -0.15) is 0 Å². The van der Waals surface area contributed by atoms with E-state index in [1.54, 1.807) is 19.1 Å². The molecule has 1 saturated heterocycles. The second-order valence-electron chi connectivity index (χ2n) is 4.80. The van der Waals surface area contributed by atoms with Crippen molar-refractivity contribution >= 4 is 11.7 Å². The Kier molecular flexibility index (Phi) is 3.43. The molecular formula is C13H17NO4. The molecule has 0 radical (unpaired) electrons. The van der Waals surface area contributed by atoms with E-state index in [4.69, 9.17) is 4.74 Å². The van der Waals surface area contributed by atoms with E-state index >= 15 is 0 Å². The van der Waals surface area contributed by atoms with Crippen LogP contribution in [0.5, 0.6) is 5.75 Å². The maximum atomic E-state index is 11.4. The Labute approximate surface area is 105 Å². The third kappa shape index (κ3) is 3.13. The molecule has 2 atom stereocenters. The van der Waals surface area contributed by atoms with Gasteiger partial charge in [-0.1, -0.05) is 0 Å². The first kappa shape index (κ1) is 12.7. The number of epoxide rings is 1. The molecule has 1 aliphatic heterocycles. The Hall–Kier alpha value is -1.75. The van der Waals surface area contributed by atoms with Crippen molar-refractivity contribution in [2.24, 2.45) is 0 Å². The highest BCUT2D eigenvalue weighted by atomic mass is 16.6. The number of ether oxygens (including phenoxy) is 1. The molecule has 0 aromatic heterocycles. The van der Waals surface area contributed by atoms with Crippen molar-refractivity contribution in [2.75, 3.05) is 11.9 Å². The van der Waals surface area contributed by atoms with Crippen LogP contribution in [-0.2, 0) is 9.53 Å². The Morgan fingerprint density at radius 1 is 1.50 bits per heavy atom. The van der Waals surface area contributed by atoms with Gasteiger partial charge in [-0.15, -0.1) is 0 Å². The van der Waals surface area contributed by atoms with Gasteiger partial charge < -0.3 is 20.3 Å². The molecule has 1 aromatic rings. The number of anilines is 1. The topological polar surface area (TPSA) is 82.1 Å². The minimum atomic E-state index is -1.02. The summed E-state index contributed by atoms with van der Waals surface area (Å²) < 4.78 is 5.10. The summed E-state index contributed by atoms with van der Waals surface area (Å²) in [6.45, 7) is 2.39. The molecule has 0 amide bonds. The highest BCUT2D eigenvalue weighted by Crippen LogP contribution is 2.26. The summed E-state index contributed by atoms with van der Waals surface area (Å²) >= 11 is 0. The van der Waals surface area contributed by atoms with Crippen molar-refractivity contribution in [2.45, 2.75) is 31.4 Å². The third-order valence-corrected chi connectivity index (χ3v) is 3.13. The smallest absolute Gasteiger partial charge is 0.329 e. The van der Waals surface area contributed by atoms with Crippen molar-refractivity contribution < 1.29 is 19.7 Å². The molecule has 1 aliphatic rings. The lowest BCUT2D eigenvalue weighted by Gasteiger charge is -2.27. The molecule has 1 fully saturated rings. The van der Waals surface area contributed by atoms with Crippen LogP contribution in [0.2, 0.25) is 0 Å². The van der Waals surface area contributed by atoms with Crippen LogP contribution in [0.3, 0.4) is 0 Å². The Morgan fingerprint density at radius 2 is 2.11 bits per heavy atom. The average Bonchev–Trinajstić information content (AvgIpc) is 3.13. The predicted molar refractivity (Wildman–Crippen MR) is 66.7 cm³/mol. The number of hydrogen-bond acceptors (Lipinski definition) is 4. The van der Waals surface area contributed by atoms with Crippen LogP contribution in [0.25, 0.3) is 0 Å². The van der Waals surface area contributed by atoms with Crippen LogP contribution < -0.4 is 5.32 Å². The fourth-order valence-corrected chi connectivity index (χ4v) is 1.77. The largest absolute Gasteiger partial charge is 0.508 e. The van der Waals surface area contributed by atoms with Crippen LogP contribution >= 0.6 is 0 Å². The van der Waals surface area contributed by atoms with Crippen molar-refractivity contribution in [3.63, 3.8) is 0 Å². The van der Waals surface area contributed by atoms with Gasteiger partial charge in [-0.05, 0) is 44.0 Å². The molecule has 1 aromatic carbocycles. The number of aliphatic carboxylic acids is 1. The van der Waals surface area contributed by atoms with Gasteiger partial charge in [0.05, 0.1) is 12.7 Å². The molecule has 3 N–H and O–H groups in total. The second-order valence-corrected chi connectivity index (χ2v) is 4.80. The van der Waals surface area contributed by atoms with Crippen molar-refractivity contribution in [1.29, 1.82) is 0 Å². The maximum Gasteiger partial charge on any atom is 0.329 e. The summed E-state index contributed by atoms with van der Waals surface area (Å²) in [5.74, 6) is -0.736. The number of carbonyl (C=O) groups is 1. The first-order valence-corrected chi connectivity index (χ1v) is 5.92. The summed E-state index contributed by atoms with van der Waals surface area (Å²) in [7, 11) is 0. The van der Waals surface area contributed by atoms with Gasteiger partial charge in [0.25, 0.3) is 0 Å². The molecule has 2 unspecified atom stereocenters. The Morgan fingerprint density at radius 3 is 2.61 bits per heavy atom. The highest BCUT2D eigenvalue weighted by molar-refractivity contribution is 5.82. The quantitative estimate of drug-likeness (QED) is 0.530. The van der Waals surface area contributed by atoms with E-state index in [1.165, 1.54) is 12.1 Å². The lowest BCUT2D eigenvalue weighted by atomic mass is 9.94. The van der Waals surface area contributed by atoms with Crippen LogP contribution in [-0.4, -0.2) is 34.4 Å². The molecule has 0 saturated carbocycles. The van der Waals surface area contributed by atoms with E-state index in [1.807, 2.05) is 0 Å². The van der Waals surface area contributed by atoms with Crippen molar-refractivity contribution in [1.82, 2.24) is 0 Å². The molecule has 0 spiro atoms. The highest BCUT2D eigenvalue weighted by Gasteiger charge is 2.35. The van der Waals surface area contributed by atoms with Crippen LogP contribution in [0.4, 0.5) is 5.69 Å². The molecule has 5 nitrogen and oxygen atoms in total. The standard InChI is InChI=1S/C13H17NO4/c1-13(12(16)17,7-6-11-8-18-11)14-9-2-4-10(15)5-3-9/h2-5,11,14-15H,6-8H2,1H3,(H,16,17). The molecule has 98 valence electrons. The molecule has 0 aliphatic carbocycles. The number of phenolic OH excluding ortho intramolecular Hbond substituents is 1. The zero-order valence-corrected chi connectivity index (χ0v) is 10.2. The minimum absolute atomic E-state index is 0.156. The van der Waals surface area contributed by atoms with E-state index in [9.17, 15) is 15.0 Å². The van der Waals surface area contributed by atoms with E-state index in [-0.39, 0.29) is 11.9 Å². The summed E-state index contributed by atoms with van der Waals surface area (Å²) in [6, 6.07) is 6.36. The van der Waals surface area contributed by atoms with Gasteiger partial charge in [-0.3, -0.25) is 0 Å². The molecule has 2 rings (SSSR count). The number of carboxylic acids is 1.